The molecule has 1 fully saturated rings. The van der Waals surface area contributed by atoms with E-state index in [-0.39, 0.29) is 11.7 Å². The van der Waals surface area contributed by atoms with Crippen LogP contribution in [0.3, 0.4) is 0 Å². The smallest absolute Gasteiger partial charge is 0.414 e. The highest BCUT2D eigenvalue weighted by Crippen LogP contribution is 2.38. The van der Waals surface area contributed by atoms with Gasteiger partial charge in [0.25, 0.3) is 0 Å². The lowest BCUT2D eigenvalue weighted by atomic mass is 10.0. The van der Waals surface area contributed by atoms with Crippen LogP contribution < -0.4 is 4.90 Å². The standard InChI is InChI=1S/C19H20ClFN2O2.C2H2O4/c1-22-10-9-13(11-22)12-23(19(24)25)18-16(3-2-4-17(18)20)14-5-7-15(21)8-6-14;3-1(4)2(5)6/h2-8,13H,9-12H2,1H3,(H,24,25);(H,3,4)(H,5,6). The van der Waals surface area contributed by atoms with Crippen LogP contribution in [-0.4, -0.2) is 64.9 Å². The molecule has 1 atom stereocenters. The van der Waals surface area contributed by atoms with Crippen LogP contribution in [0.5, 0.6) is 0 Å². The number of aliphatic carboxylic acids is 2. The average molecular weight is 453 g/mol. The first-order valence-corrected chi connectivity index (χ1v) is 9.67. The monoisotopic (exact) mass is 452 g/mol. The molecule has 2 aromatic rings. The second-order valence-corrected chi connectivity index (χ2v) is 7.47. The lowest BCUT2D eigenvalue weighted by Gasteiger charge is -2.26. The normalized spacial score (nSPS) is 15.6. The van der Waals surface area contributed by atoms with Crippen molar-refractivity contribution in [2.75, 3.05) is 31.6 Å². The Balaban J connectivity index is 0.000000501. The molecule has 1 amide bonds. The Bertz CT molecular complexity index is 941. The highest BCUT2D eigenvalue weighted by molar-refractivity contribution is 6.34. The summed E-state index contributed by atoms with van der Waals surface area (Å²) in [6.45, 7) is 2.21. The quantitative estimate of drug-likeness (QED) is 0.604. The van der Waals surface area contributed by atoms with Crippen molar-refractivity contribution in [3.63, 3.8) is 0 Å². The minimum atomic E-state index is -1.82. The van der Waals surface area contributed by atoms with Gasteiger partial charge in [-0.2, -0.15) is 0 Å². The number of carboxylic acids is 2. The van der Waals surface area contributed by atoms with Crippen molar-refractivity contribution in [1.29, 1.82) is 0 Å². The van der Waals surface area contributed by atoms with Crippen molar-refractivity contribution in [3.05, 3.63) is 53.3 Å². The van der Waals surface area contributed by atoms with Crippen LogP contribution in [0, 0.1) is 11.7 Å². The molecule has 0 spiro atoms. The number of nitrogens with zero attached hydrogens (tertiary/aromatic N) is 2. The van der Waals surface area contributed by atoms with Gasteiger partial charge >= 0.3 is 18.0 Å². The molecule has 0 saturated carbocycles. The summed E-state index contributed by atoms with van der Waals surface area (Å²) in [5, 5.41) is 24.9. The van der Waals surface area contributed by atoms with Gasteiger partial charge in [0.2, 0.25) is 0 Å². The van der Waals surface area contributed by atoms with Gasteiger partial charge in [-0.1, -0.05) is 35.9 Å². The predicted octanol–water partition coefficient (Wildman–Crippen LogP) is 3.74. The van der Waals surface area contributed by atoms with Crippen LogP contribution in [0.15, 0.2) is 42.5 Å². The Kier molecular flexibility index (Phi) is 8.35. The van der Waals surface area contributed by atoms with Crippen LogP contribution >= 0.6 is 11.6 Å². The number of hydrogen-bond donors (Lipinski definition) is 3. The largest absolute Gasteiger partial charge is 0.473 e. The van der Waals surface area contributed by atoms with Crippen molar-refractivity contribution in [2.45, 2.75) is 6.42 Å². The van der Waals surface area contributed by atoms with Gasteiger partial charge < -0.3 is 20.2 Å². The number of rotatable bonds is 4. The molecule has 1 aliphatic rings. The van der Waals surface area contributed by atoms with Crippen molar-refractivity contribution < 1.29 is 34.1 Å². The third kappa shape index (κ3) is 6.66. The molecule has 0 bridgehead atoms. The first kappa shape index (κ1) is 24.1. The molecule has 10 heteroatoms. The van der Waals surface area contributed by atoms with Crippen LogP contribution in [-0.2, 0) is 9.59 Å². The van der Waals surface area contributed by atoms with E-state index in [0.29, 0.717) is 22.8 Å². The molecule has 1 heterocycles. The Hall–Kier alpha value is -3.17. The number of para-hydroxylation sites is 1. The maximum absolute atomic E-state index is 13.2. The van der Waals surface area contributed by atoms with Gasteiger partial charge in [0.05, 0.1) is 10.7 Å². The van der Waals surface area contributed by atoms with E-state index < -0.39 is 18.0 Å². The highest BCUT2D eigenvalue weighted by Gasteiger charge is 2.28. The summed E-state index contributed by atoms with van der Waals surface area (Å²) >= 11 is 6.37. The number of benzene rings is 2. The predicted molar refractivity (Wildman–Crippen MR) is 113 cm³/mol. The number of amides is 1. The first-order valence-electron chi connectivity index (χ1n) is 9.29. The minimum absolute atomic E-state index is 0.262. The highest BCUT2D eigenvalue weighted by atomic mass is 35.5. The van der Waals surface area contributed by atoms with Crippen LogP contribution in [0.1, 0.15) is 6.42 Å². The number of halogens is 2. The van der Waals surface area contributed by atoms with E-state index in [9.17, 15) is 14.3 Å². The fraction of sp³-hybridized carbons (Fsp3) is 0.286. The maximum Gasteiger partial charge on any atom is 0.414 e. The fourth-order valence-corrected chi connectivity index (χ4v) is 3.63. The van der Waals surface area contributed by atoms with Crippen molar-refractivity contribution in [3.8, 4) is 11.1 Å². The van der Waals surface area contributed by atoms with Gasteiger partial charge in [0, 0.05) is 18.7 Å². The van der Waals surface area contributed by atoms with Crippen LogP contribution in [0.4, 0.5) is 14.9 Å². The summed E-state index contributed by atoms with van der Waals surface area (Å²) in [6.07, 6.45) is -0.0811. The summed E-state index contributed by atoms with van der Waals surface area (Å²) in [5.74, 6) is -3.72. The Morgan fingerprint density at radius 3 is 2.19 bits per heavy atom. The summed E-state index contributed by atoms with van der Waals surface area (Å²) in [4.78, 5) is 33.7. The molecule has 8 nitrogen and oxygen atoms in total. The van der Waals surface area contributed by atoms with Gasteiger partial charge in [-0.25, -0.2) is 18.8 Å². The van der Waals surface area contributed by atoms with E-state index in [1.54, 1.807) is 24.3 Å². The number of anilines is 1. The molecule has 1 aliphatic heterocycles. The van der Waals surface area contributed by atoms with E-state index in [1.807, 2.05) is 13.1 Å². The van der Waals surface area contributed by atoms with Crippen molar-refractivity contribution >= 4 is 35.3 Å². The van der Waals surface area contributed by atoms with Gasteiger partial charge in [-0.15, -0.1) is 0 Å². The van der Waals surface area contributed by atoms with E-state index in [4.69, 9.17) is 31.4 Å². The Morgan fingerprint density at radius 1 is 1.10 bits per heavy atom. The van der Waals surface area contributed by atoms with E-state index in [2.05, 4.69) is 4.90 Å². The Morgan fingerprint density at radius 2 is 1.71 bits per heavy atom. The van der Waals surface area contributed by atoms with Gasteiger partial charge in [-0.05, 0) is 49.7 Å². The summed E-state index contributed by atoms with van der Waals surface area (Å²) in [6, 6.07) is 11.2. The third-order valence-electron chi connectivity index (χ3n) is 4.76. The molecule has 3 N–H and O–H groups in total. The lowest BCUT2D eigenvalue weighted by Crippen LogP contribution is -2.35. The molecule has 0 radical (unpaired) electrons. The molecule has 0 aliphatic carbocycles. The molecule has 3 rings (SSSR count). The van der Waals surface area contributed by atoms with Crippen molar-refractivity contribution in [1.82, 2.24) is 4.90 Å². The average Bonchev–Trinajstić information content (AvgIpc) is 3.12. The van der Waals surface area contributed by atoms with Crippen molar-refractivity contribution in [2.24, 2.45) is 5.92 Å². The van der Waals surface area contributed by atoms with Gasteiger partial charge in [0.15, 0.2) is 0 Å². The molecule has 0 aromatic heterocycles. The zero-order chi connectivity index (χ0) is 23.1. The first-order chi connectivity index (χ1) is 14.6. The number of hydrogen-bond acceptors (Lipinski definition) is 4. The molecule has 2 aromatic carbocycles. The third-order valence-corrected chi connectivity index (χ3v) is 5.06. The summed E-state index contributed by atoms with van der Waals surface area (Å²) in [7, 11) is 2.03. The van der Waals surface area contributed by atoms with E-state index in [0.717, 1.165) is 25.1 Å². The topological polar surface area (TPSA) is 118 Å². The zero-order valence-corrected chi connectivity index (χ0v) is 17.4. The lowest BCUT2D eigenvalue weighted by molar-refractivity contribution is -0.159. The second kappa shape index (κ2) is 10.7. The zero-order valence-electron chi connectivity index (χ0n) is 16.7. The molecular formula is C21H22ClFN2O6. The van der Waals surface area contributed by atoms with E-state index >= 15 is 0 Å². The fourth-order valence-electron chi connectivity index (χ4n) is 3.35. The van der Waals surface area contributed by atoms with E-state index in [1.165, 1.54) is 17.0 Å². The van der Waals surface area contributed by atoms with Crippen LogP contribution in [0.25, 0.3) is 11.1 Å². The van der Waals surface area contributed by atoms with Crippen LogP contribution in [0.2, 0.25) is 5.02 Å². The second-order valence-electron chi connectivity index (χ2n) is 7.06. The molecule has 1 unspecified atom stereocenters. The minimum Gasteiger partial charge on any atom is -0.473 e. The Labute approximate surface area is 183 Å². The van der Waals surface area contributed by atoms with Gasteiger partial charge in [0.1, 0.15) is 5.82 Å². The number of carbonyl (C=O) groups is 3. The maximum atomic E-state index is 13.2. The SMILES string of the molecule is CN1CCC(CN(C(=O)O)c2c(Cl)cccc2-c2ccc(F)cc2)C1.O=C(O)C(=O)O. The number of likely N-dealkylation sites (tertiary alicyclic amines) is 1. The molecular weight excluding hydrogens is 431 g/mol. The molecule has 31 heavy (non-hydrogen) atoms. The molecule has 166 valence electrons. The van der Waals surface area contributed by atoms with Gasteiger partial charge in [-0.3, -0.25) is 4.90 Å². The summed E-state index contributed by atoms with van der Waals surface area (Å²) < 4.78 is 13.2. The summed E-state index contributed by atoms with van der Waals surface area (Å²) in [5.41, 5.74) is 1.87. The number of carboxylic acid groups (broad SMARTS) is 3. The molecule has 1 saturated heterocycles.